The highest BCUT2D eigenvalue weighted by Crippen LogP contribution is 2.26. The number of rotatable bonds is 7. The molecule has 0 heterocycles. The van der Waals surface area contributed by atoms with E-state index in [1.807, 2.05) is 0 Å². The third kappa shape index (κ3) is 3.56. The first-order chi connectivity index (χ1) is 8.64. The van der Waals surface area contributed by atoms with Crippen molar-refractivity contribution >= 4 is 0 Å². The van der Waals surface area contributed by atoms with Crippen molar-refractivity contribution < 1.29 is 0 Å². The minimum absolute atomic E-state index is 0.203. The Labute approximate surface area is 111 Å². The van der Waals surface area contributed by atoms with Crippen LogP contribution in [0.15, 0.2) is 30.3 Å². The summed E-state index contributed by atoms with van der Waals surface area (Å²) in [5.41, 5.74) is 1.65. The van der Waals surface area contributed by atoms with Gasteiger partial charge in [-0.3, -0.25) is 0 Å². The van der Waals surface area contributed by atoms with E-state index in [1.165, 1.54) is 18.4 Å². The molecule has 18 heavy (non-hydrogen) atoms. The third-order valence-corrected chi connectivity index (χ3v) is 3.99. The van der Waals surface area contributed by atoms with E-state index in [4.69, 9.17) is 0 Å². The SMILES string of the molecule is CCN(C)CC(C)(CNC1CC1)c1ccccc1. The van der Waals surface area contributed by atoms with E-state index in [0.717, 1.165) is 25.7 Å². The summed E-state index contributed by atoms with van der Waals surface area (Å²) in [6.45, 7) is 7.88. The molecule has 2 heteroatoms. The average Bonchev–Trinajstić information content (AvgIpc) is 3.21. The summed E-state index contributed by atoms with van der Waals surface area (Å²) in [5.74, 6) is 0. The molecule has 1 unspecified atom stereocenters. The molecule has 1 aromatic carbocycles. The van der Waals surface area contributed by atoms with E-state index in [-0.39, 0.29) is 5.41 Å². The Balaban J connectivity index is 2.09. The number of hydrogen-bond donors (Lipinski definition) is 1. The van der Waals surface area contributed by atoms with Gasteiger partial charge in [-0.1, -0.05) is 44.2 Å². The fourth-order valence-corrected chi connectivity index (χ4v) is 2.45. The van der Waals surface area contributed by atoms with Crippen LogP contribution in [-0.2, 0) is 5.41 Å². The lowest BCUT2D eigenvalue weighted by Gasteiger charge is -2.34. The predicted octanol–water partition coefficient (Wildman–Crippen LogP) is 2.65. The molecule has 1 atom stereocenters. The van der Waals surface area contributed by atoms with Crippen LogP contribution >= 0.6 is 0 Å². The normalized spacial score (nSPS) is 18.9. The molecule has 1 aromatic rings. The molecule has 0 saturated heterocycles. The quantitative estimate of drug-likeness (QED) is 0.795. The molecular formula is C16H26N2. The summed E-state index contributed by atoms with van der Waals surface area (Å²) < 4.78 is 0. The first-order valence-electron chi connectivity index (χ1n) is 7.11. The summed E-state index contributed by atoms with van der Waals surface area (Å²) in [6.07, 6.45) is 2.71. The third-order valence-electron chi connectivity index (χ3n) is 3.99. The van der Waals surface area contributed by atoms with Crippen LogP contribution < -0.4 is 5.32 Å². The Bertz CT molecular complexity index is 359. The van der Waals surface area contributed by atoms with Gasteiger partial charge in [0.1, 0.15) is 0 Å². The lowest BCUT2D eigenvalue weighted by atomic mass is 9.81. The highest BCUT2D eigenvalue weighted by atomic mass is 15.1. The Kier molecular flexibility index (Phi) is 4.41. The molecule has 1 N–H and O–H groups in total. The topological polar surface area (TPSA) is 15.3 Å². The van der Waals surface area contributed by atoms with Crippen LogP contribution in [-0.4, -0.2) is 37.6 Å². The zero-order valence-electron chi connectivity index (χ0n) is 11.9. The molecule has 2 nitrogen and oxygen atoms in total. The molecule has 2 rings (SSSR count). The maximum absolute atomic E-state index is 3.70. The summed E-state index contributed by atoms with van der Waals surface area (Å²) in [6, 6.07) is 11.7. The Morgan fingerprint density at radius 2 is 1.94 bits per heavy atom. The van der Waals surface area contributed by atoms with Crippen molar-refractivity contribution in [3.05, 3.63) is 35.9 Å². The van der Waals surface area contributed by atoms with Gasteiger partial charge in [0.15, 0.2) is 0 Å². The summed E-state index contributed by atoms with van der Waals surface area (Å²) >= 11 is 0. The van der Waals surface area contributed by atoms with Gasteiger partial charge in [-0.25, -0.2) is 0 Å². The number of nitrogens with one attached hydrogen (secondary N) is 1. The van der Waals surface area contributed by atoms with Crippen molar-refractivity contribution in [3.8, 4) is 0 Å². The smallest absolute Gasteiger partial charge is 0.0177 e. The van der Waals surface area contributed by atoms with E-state index >= 15 is 0 Å². The summed E-state index contributed by atoms with van der Waals surface area (Å²) in [7, 11) is 2.21. The van der Waals surface area contributed by atoms with Crippen molar-refractivity contribution in [2.24, 2.45) is 0 Å². The number of likely N-dealkylation sites (N-methyl/N-ethyl adjacent to an activating group) is 1. The molecule has 1 saturated carbocycles. The van der Waals surface area contributed by atoms with Crippen LogP contribution in [0.2, 0.25) is 0 Å². The Hall–Kier alpha value is -0.860. The Morgan fingerprint density at radius 3 is 2.50 bits per heavy atom. The average molecular weight is 246 g/mol. The second kappa shape index (κ2) is 5.85. The van der Waals surface area contributed by atoms with Crippen LogP contribution in [0, 0.1) is 0 Å². The molecule has 1 aliphatic carbocycles. The maximum atomic E-state index is 3.70. The van der Waals surface area contributed by atoms with Gasteiger partial charge >= 0.3 is 0 Å². The summed E-state index contributed by atoms with van der Waals surface area (Å²) in [4.78, 5) is 2.40. The Morgan fingerprint density at radius 1 is 1.28 bits per heavy atom. The van der Waals surface area contributed by atoms with Gasteiger partial charge in [0, 0.05) is 24.5 Å². The fourth-order valence-electron chi connectivity index (χ4n) is 2.45. The zero-order chi connectivity index (χ0) is 13.0. The van der Waals surface area contributed by atoms with Gasteiger partial charge in [-0.15, -0.1) is 0 Å². The van der Waals surface area contributed by atoms with Crippen LogP contribution in [0.1, 0.15) is 32.3 Å². The number of benzene rings is 1. The van der Waals surface area contributed by atoms with Gasteiger partial charge in [-0.2, -0.15) is 0 Å². The lowest BCUT2D eigenvalue weighted by molar-refractivity contribution is 0.258. The van der Waals surface area contributed by atoms with Crippen molar-refractivity contribution in [2.45, 2.75) is 38.1 Å². The van der Waals surface area contributed by atoms with Crippen molar-refractivity contribution in [1.82, 2.24) is 10.2 Å². The van der Waals surface area contributed by atoms with Gasteiger partial charge in [0.25, 0.3) is 0 Å². The molecule has 0 amide bonds. The van der Waals surface area contributed by atoms with Crippen molar-refractivity contribution in [3.63, 3.8) is 0 Å². The molecular weight excluding hydrogens is 220 g/mol. The summed E-state index contributed by atoms with van der Waals surface area (Å²) in [5, 5.41) is 3.70. The molecule has 0 spiro atoms. The van der Waals surface area contributed by atoms with E-state index in [0.29, 0.717) is 0 Å². The van der Waals surface area contributed by atoms with Gasteiger partial charge < -0.3 is 10.2 Å². The van der Waals surface area contributed by atoms with E-state index in [9.17, 15) is 0 Å². The van der Waals surface area contributed by atoms with Crippen LogP contribution in [0.3, 0.4) is 0 Å². The molecule has 0 aliphatic heterocycles. The molecule has 100 valence electrons. The highest BCUT2D eigenvalue weighted by Gasteiger charge is 2.30. The zero-order valence-corrected chi connectivity index (χ0v) is 11.9. The van der Waals surface area contributed by atoms with Crippen molar-refractivity contribution in [1.29, 1.82) is 0 Å². The first kappa shape index (κ1) is 13.6. The van der Waals surface area contributed by atoms with Crippen LogP contribution in [0.5, 0.6) is 0 Å². The van der Waals surface area contributed by atoms with E-state index < -0.39 is 0 Å². The van der Waals surface area contributed by atoms with Gasteiger partial charge in [0.2, 0.25) is 0 Å². The molecule has 0 radical (unpaired) electrons. The number of nitrogens with zero attached hydrogens (tertiary/aromatic N) is 1. The second-order valence-electron chi connectivity index (χ2n) is 5.91. The minimum atomic E-state index is 0.203. The largest absolute Gasteiger partial charge is 0.313 e. The predicted molar refractivity (Wildman–Crippen MR) is 78.0 cm³/mol. The second-order valence-corrected chi connectivity index (χ2v) is 5.91. The van der Waals surface area contributed by atoms with Gasteiger partial charge in [0.05, 0.1) is 0 Å². The maximum Gasteiger partial charge on any atom is 0.0177 e. The highest BCUT2D eigenvalue weighted by molar-refractivity contribution is 5.25. The first-order valence-corrected chi connectivity index (χ1v) is 7.11. The molecule has 1 aliphatic rings. The standard InChI is InChI=1S/C16H26N2/c1-4-18(3)13-16(2,12-17-15-10-11-15)14-8-6-5-7-9-14/h5-9,15,17H,4,10-13H2,1-3H3. The molecule has 0 bridgehead atoms. The van der Waals surface area contributed by atoms with Gasteiger partial charge in [-0.05, 0) is 32.0 Å². The van der Waals surface area contributed by atoms with Crippen molar-refractivity contribution in [2.75, 3.05) is 26.7 Å². The minimum Gasteiger partial charge on any atom is -0.313 e. The van der Waals surface area contributed by atoms with E-state index in [2.05, 4.69) is 61.4 Å². The fraction of sp³-hybridized carbons (Fsp3) is 0.625. The molecule has 1 fully saturated rings. The monoisotopic (exact) mass is 246 g/mol. The molecule has 0 aromatic heterocycles. The number of hydrogen-bond acceptors (Lipinski definition) is 2. The van der Waals surface area contributed by atoms with Crippen LogP contribution in [0.25, 0.3) is 0 Å². The van der Waals surface area contributed by atoms with Crippen LogP contribution in [0.4, 0.5) is 0 Å². The van der Waals surface area contributed by atoms with E-state index in [1.54, 1.807) is 0 Å². The lowest BCUT2D eigenvalue weighted by Crippen LogP contribution is -2.44.